The summed E-state index contributed by atoms with van der Waals surface area (Å²) in [6, 6.07) is 0. The summed E-state index contributed by atoms with van der Waals surface area (Å²) in [5, 5.41) is 0. The third kappa shape index (κ3) is 1.15. The number of nitrogens with zero attached hydrogens (tertiary/aromatic N) is 1. The van der Waals surface area contributed by atoms with Crippen molar-refractivity contribution in [3.63, 3.8) is 0 Å². The molecular formula is C5H6BrNO. The lowest BCUT2D eigenvalue weighted by molar-refractivity contribution is -0.113. The zero-order valence-corrected chi connectivity index (χ0v) is 5.94. The molecule has 1 heterocycles. The molecule has 0 fully saturated rings. The first-order valence-electron chi connectivity index (χ1n) is 2.54. The third-order valence-corrected chi connectivity index (χ3v) is 1.74. The fourth-order valence-electron chi connectivity index (χ4n) is 0.608. The second-order valence-corrected chi connectivity index (χ2v) is 2.45. The summed E-state index contributed by atoms with van der Waals surface area (Å²) < 4.78 is 0.517. The van der Waals surface area contributed by atoms with E-state index in [1.807, 2.05) is 0 Å². The van der Waals surface area contributed by atoms with Crippen LogP contribution in [0.1, 0.15) is 12.8 Å². The van der Waals surface area contributed by atoms with Gasteiger partial charge < -0.3 is 0 Å². The molecule has 8 heavy (non-hydrogen) atoms. The number of ketones is 1. The molecule has 0 spiro atoms. The van der Waals surface area contributed by atoms with Crippen LogP contribution in [0.5, 0.6) is 0 Å². The van der Waals surface area contributed by atoms with E-state index in [4.69, 9.17) is 0 Å². The van der Waals surface area contributed by atoms with E-state index in [0.717, 1.165) is 13.0 Å². The first kappa shape index (κ1) is 5.95. The van der Waals surface area contributed by atoms with Crippen LogP contribution in [0.15, 0.2) is 4.99 Å². The molecule has 0 amide bonds. The van der Waals surface area contributed by atoms with Gasteiger partial charge in [-0.15, -0.1) is 0 Å². The van der Waals surface area contributed by atoms with Gasteiger partial charge in [0.05, 0.1) is 0 Å². The van der Waals surface area contributed by atoms with Gasteiger partial charge in [-0.1, -0.05) is 0 Å². The largest absolute Gasteiger partial charge is 0.292 e. The maximum atomic E-state index is 10.6. The van der Waals surface area contributed by atoms with Crippen molar-refractivity contribution < 1.29 is 4.79 Å². The standard InChI is InChI=1S/C5H6BrNO/c6-5-4(8)2-1-3-7-5/h1-3H2. The van der Waals surface area contributed by atoms with Gasteiger partial charge in [-0.25, -0.2) is 0 Å². The zero-order chi connectivity index (χ0) is 5.98. The Morgan fingerprint density at radius 2 is 2.38 bits per heavy atom. The highest BCUT2D eigenvalue weighted by molar-refractivity contribution is 9.19. The third-order valence-electron chi connectivity index (χ3n) is 1.04. The van der Waals surface area contributed by atoms with E-state index in [0.29, 0.717) is 11.0 Å². The zero-order valence-electron chi connectivity index (χ0n) is 4.35. The Kier molecular flexibility index (Phi) is 1.78. The van der Waals surface area contributed by atoms with Gasteiger partial charge in [0, 0.05) is 13.0 Å². The Hall–Kier alpha value is -0.180. The molecular weight excluding hydrogens is 170 g/mol. The summed E-state index contributed by atoms with van der Waals surface area (Å²) in [6.45, 7) is 0.798. The minimum atomic E-state index is 0.135. The van der Waals surface area contributed by atoms with Crippen LogP contribution in [0, 0.1) is 0 Å². The van der Waals surface area contributed by atoms with Gasteiger partial charge in [0.2, 0.25) is 0 Å². The highest BCUT2D eigenvalue weighted by Gasteiger charge is 2.10. The molecule has 1 rings (SSSR count). The number of carbonyl (C=O) groups is 1. The van der Waals surface area contributed by atoms with E-state index in [1.54, 1.807) is 0 Å². The topological polar surface area (TPSA) is 29.4 Å². The SMILES string of the molecule is O=C1CCCN=C1Br. The van der Waals surface area contributed by atoms with Gasteiger partial charge in [0.15, 0.2) is 5.78 Å². The van der Waals surface area contributed by atoms with Gasteiger partial charge >= 0.3 is 0 Å². The quantitative estimate of drug-likeness (QED) is 0.544. The molecule has 0 aromatic rings. The van der Waals surface area contributed by atoms with Crippen LogP contribution in [-0.4, -0.2) is 16.9 Å². The second-order valence-electron chi connectivity index (χ2n) is 1.70. The molecule has 0 aliphatic carbocycles. The molecule has 0 saturated heterocycles. The molecule has 0 aromatic carbocycles. The van der Waals surface area contributed by atoms with E-state index in [-0.39, 0.29) is 5.78 Å². The van der Waals surface area contributed by atoms with Crippen molar-refractivity contribution in [3.05, 3.63) is 0 Å². The van der Waals surface area contributed by atoms with Crippen molar-refractivity contribution in [2.45, 2.75) is 12.8 Å². The minimum absolute atomic E-state index is 0.135. The van der Waals surface area contributed by atoms with Gasteiger partial charge in [-0.2, -0.15) is 0 Å². The molecule has 0 bridgehead atoms. The second kappa shape index (κ2) is 2.40. The number of Topliss-reactive ketones (excluding diaryl/α,β-unsaturated/α-hetero) is 1. The smallest absolute Gasteiger partial charge is 0.187 e. The van der Waals surface area contributed by atoms with Gasteiger partial charge in [0.25, 0.3) is 0 Å². The molecule has 0 radical (unpaired) electrons. The minimum Gasteiger partial charge on any atom is -0.292 e. The summed E-state index contributed by atoms with van der Waals surface area (Å²) in [7, 11) is 0. The predicted molar refractivity (Wildman–Crippen MR) is 35.5 cm³/mol. The number of hydrogen-bond acceptors (Lipinski definition) is 2. The van der Waals surface area contributed by atoms with Crippen LogP contribution in [0.2, 0.25) is 0 Å². The Morgan fingerprint density at radius 3 is 2.75 bits per heavy atom. The van der Waals surface area contributed by atoms with Crippen molar-refractivity contribution >= 4 is 26.3 Å². The van der Waals surface area contributed by atoms with Crippen molar-refractivity contribution in [2.75, 3.05) is 6.54 Å². The average Bonchev–Trinajstić information content (AvgIpc) is 1.77. The van der Waals surface area contributed by atoms with Crippen LogP contribution in [0.25, 0.3) is 0 Å². The van der Waals surface area contributed by atoms with Crippen LogP contribution in [-0.2, 0) is 4.79 Å². The molecule has 0 N–H and O–H groups in total. The fourth-order valence-corrected chi connectivity index (χ4v) is 0.984. The normalized spacial score (nSPS) is 20.6. The monoisotopic (exact) mass is 175 g/mol. The van der Waals surface area contributed by atoms with Crippen molar-refractivity contribution in [3.8, 4) is 0 Å². The molecule has 2 nitrogen and oxygen atoms in total. The van der Waals surface area contributed by atoms with Crippen LogP contribution < -0.4 is 0 Å². The predicted octanol–water partition coefficient (Wildman–Crippen LogP) is 1.14. The van der Waals surface area contributed by atoms with Crippen LogP contribution in [0.4, 0.5) is 0 Å². The Morgan fingerprint density at radius 1 is 1.62 bits per heavy atom. The summed E-state index contributed by atoms with van der Waals surface area (Å²) >= 11 is 3.05. The van der Waals surface area contributed by atoms with E-state index in [9.17, 15) is 4.79 Å². The van der Waals surface area contributed by atoms with Crippen molar-refractivity contribution in [2.24, 2.45) is 4.99 Å². The maximum absolute atomic E-state index is 10.6. The molecule has 0 aromatic heterocycles. The average molecular weight is 176 g/mol. The van der Waals surface area contributed by atoms with Crippen molar-refractivity contribution in [1.82, 2.24) is 0 Å². The lowest BCUT2D eigenvalue weighted by Crippen LogP contribution is -2.12. The maximum Gasteiger partial charge on any atom is 0.187 e. The van der Waals surface area contributed by atoms with E-state index in [2.05, 4.69) is 20.9 Å². The van der Waals surface area contributed by atoms with Crippen LogP contribution >= 0.6 is 15.9 Å². The van der Waals surface area contributed by atoms with E-state index in [1.165, 1.54) is 0 Å². The molecule has 1 aliphatic heterocycles. The molecule has 0 unspecified atom stereocenters. The number of halogens is 1. The Bertz CT molecular complexity index is 141. The molecule has 0 atom stereocenters. The van der Waals surface area contributed by atoms with Gasteiger partial charge in [-0.05, 0) is 22.4 Å². The summed E-state index contributed by atoms with van der Waals surface area (Å²) in [4.78, 5) is 14.5. The number of hydrogen-bond donors (Lipinski definition) is 0. The fraction of sp³-hybridized carbons (Fsp3) is 0.600. The highest BCUT2D eigenvalue weighted by Crippen LogP contribution is 2.05. The number of aliphatic imine (C=N–C) groups is 1. The van der Waals surface area contributed by atoms with Crippen LogP contribution in [0.3, 0.4) is 0 Å². The lowest BCUT2D eigenvalue weighted by atomic mass is 10.2. The molecule has 0 saturated carbocycles. The molecule has 44 valence electrons. The number of carbonyl (C=O) groups excluding carboxylic acids is 1. The highest BCUT2D eigenvalue weighted by atomic mass is 79.9. The summed E-state index contributed by atoms with van der Waals surface area (Å²) in [5.41, 5.74) is 0. The van der Waals surface area contributed by atoms with Gasteiger partial charge in [0.1, 0.15) is 4.62 Å². The summed E-state index contributed by atoms with van der Waals surface area (Å²) in [5.74, 6) is 0.135. The summed E-state index contributed by atoms with van der Waals surface area (Å²) in [6.07, 6.45) is 1.57. The van der Waals surface area contributed by atoms with Crippen molar-refractivity contribution in [1.29, 1.82) is 0 Å². The van der Waals surface area contributed by atoms with E-state index < -0.39 is 0 Å². The molecule has 1 aliphatic rings. The first-order valence-corrected chi connectivity index (χ1v) is 3.33. The number of rotatable bonds is 0. The van der Waals surface area contributed by atoms with Gasteiger partial charge in [-0.3, -0.25) is 9.79 Å². The first-order chi connectivity index (χ1) is 3.80. The Labute approximate surface area is 56.1 Å². The molecule has 3 heteroatoms. The Balaban J connectivity index is 2.67. The lowest BCUT2D eigenvalue weighted by Gasteiger charge is -2.02. The van der Waals surface area contributed by atoms with E-state index >= 15 is 0 Å².